The minimum Gasteiger partial charge on any atom is -0.481 e. The SMILES string of the molecule is C[C@H]1[C@H](C)CC[C@]2(C(=O)O)CC[C@]3(C)C(=CC[C@@H]4[C@@]5(C)C[C@@H](O)[C@H](O)[C@@](C)(CO)[C@H]5CC[C@]43C)[C@@H]12. The summed E-state index contributed by atoms with van der Waals surface area (Å²) >= 11 is 0. The number of carboxylic acid groups (broad SMARTS) is 1. The molecule has 0 unspecified atom stereocenters. The predicted octanol–water partition coefficient (Wildman–Crippen LogP) is 5.03. The van der Waals surface area contributed by atoms with Gasteiger partial charge in [0.1, 0.15) is 0 Å². The van der Waals surface area contributed by atoms with E-state index >= 15 is 0 Å². The van der Waals surface area contributed by atoms with Crippen LogP contribution in [0.3, 0.4) is 0 Å². The molecule has 0 radical (unpaired) electrons. The molecule has 5 heteroatoms. The maximum absolute atomic E-state index is 12.8. The molecule has 4 saturated carbocycles. The van der Waals surface area contributed by atoms with Crippen molar-refractivity contribution in [3.8, 4) is 0 Å². The highest BCUT2D eigenvalue weighted by molar-refractivity contribution is 5.76. The van der Waals surface area contributed by atoms with Crippen molar-refractivity contribution >= 4 is 5.97 Å². The second-order valence-electron chi connectivity index (χ2n) is 14.5. The van der Waals surface area contributed by atoms with Gasteiger partial charge < -0.3 is 20.4 Å². The fourth-order valence-corrected chi connectivity index (χ4v) is 11.0. The van der Waals surface area contributed by atoms with E-state index in [1.165, 1.54) is 5.57 Å². The van der Waals surface area contributed by atoms with Gasteiger partial charge in [0.15, 0.2) is 0 Å². The number of aliphatic hydroxyl groups is 3. The Morgan fingerprint density at radius 2 is 1.69 bits per heavy atom. The van der Waals surface area contributed by atoms with Crippen LogP contribution in [-0.4, -0.2) is 45.2 Å². The first-order valence-electron chi connectivity index (χ1n) is 14.1. The Morgan fingerprint density at radius 3 is 2.31 bits per heavy atom. The Balaban J connectivity index is 1.62. The molecular weight excluding hydrogens is 440 g/mol. The minimum atomic E-state index is -0.907. The van der Waals surface area contributed by atoms with Crippen LogP contribution < -0.4 is 0 Å². The van der Waals surface area contributed by atoms with Gasteiger partial charge in [0.05, 0.1) is 24.2 Å². The van der Waals surface area contributed by atoms with Crippen LogP contribution in [0.5, 0.6) is 0 Å². The lowest BCUT2D eigenvalue weighted by atomic mass is 9.33. The summed E-state index contributed by atoms with van der Waals surface area (Å²) in [6.45, 7) is 13.6. The lowest BCUT2D eigenvalue weighted by Crippen LogP contribution is -2.68. The molecule has 0 aliphatic heterocycles. The summed E-state index contributed by atoms with van der Waals surface area (Å²) < 4.78 is 0. The Hall–Kier alpha value is -0.910. The molecule has 4 fully saturated rings. The number of hydrogen-bond acceptors (Lipinski definition) is 4. The number of carboxylic acids is 1. The molecule has 12 atom stereocenters. The maximum atomic E-state index is 12.8. The third kappa shape index (κ3) is 2.95. The lowest BCUT2D eigenvalue weighted by molar-refractivity contribution is -0.244. The Labute approximate surface area is 211 Å². The highest BCUT2D eigenvalue weighted by Gasteiger charge is 2.70. The molecule has 35 heavy (non-hydrogen) atoms. The molecule has 0 heterocycles. The van der Waals surface area contributed by atoms with Crippen LogP contribution >= 0.6 is 0 Å². The van der Waals surface area contributed by atoms with Crippen LogP contribution in [0, 0.1) is 56.7 Å². The number of fused-ring (bicyclic) bond motifs is 7. The summed E-state index contributed by atoms with van der Waals surface area (Å²) in [6.07, 6.45) is 7.51. The van der Waals surface area contributed by atoms with Crippen molar-refractivity contribution in [1.29, 1.82) is 0 Å². The molecule has 5 aliphatic rings. The quantitative estimate of drug-likeness (QED) is 0.409. The van der Waals surface area contributed by atoms with Gasteiger partial charge in [0.2, 0.25) is 0 Å². The molecule has 4 N–H and O–H groups in total. The normalized spacial score (nSPS) is 57.7. The first-order chi connectivity index (χ1) is 16.2. The van der Waals surface area contributed by atoms with E-state index in [2.05, 4.69) is 40.7 Å². The van der Waals surface area contributed by atoms with Crippen molar-refractivity contribution in [2.75, 3.05) is 6.61 Å². The van der Waals surface area contributed by atoms with Gasteiger partial charge in [-0.25, -0.2) is 0 Å². The molecule has 198 valence electrons. The average Bonchev–Trinajstić information content (AvgIpc) is 2.80. The van der Waals surface area contributed by atoms with E-state index in [-0.39, 0.29) is 34.7 Å². The number of rotatable bonds is 2. The van der Waals surface area contributed by atoms with Gasteiger partial charge in [-0.15, -0.1) is 0 Å². The van der Waals surface area contributed by atoms with Crippen LogP contribution in [0.1, 0.15) is 92.9 Å². The molecular formula is C30H48O5. The largest absolute Gasteiger partial charge is 0.481 e. The lowest BCUT2D eigenvalue weighted by Gasteiger charge is -2.71. The standard InChI is InChI=1S/C30H48O5/c1-17-9-12-30(25(34)35)14-13-28(5)19(23(30)18(17)2)7-8-22-26(3)15-20(32)24(33)27(4,16-31)21(26)10-11-29(22,28)6/h7,17-18,20-24,31-33H,8-16H2,1-6H3,(H,34,35)/t17-,18+,20-,21+,22-,23-,24+,26+,27+,28-,29-,30+/m1/s1. The number of allylic oxidation sites excluding steroid dienone is 2. The van der Waals surface area contributed by atoms with Crippen molar-refractivity contribution in [2.45, 2.75) is 105 Å². The summed E-state index contributed by atoms with van der Waals surface area (Å²) in [4.78, 5) is 12.8. The molecule has 0 spiro atoms. The van der Waals surface area contributed by atoms with Crippen LogP contribution in [0.4, 0.5) is 0 Å². The number of aliphatic carboxylic acids is 1. The summed E-state index contributed by atoms with van der Waals surface area (Å²) in [5.74, 6) is 0.828. The second kappa shape index (κ2) is 7.80. The third-order valence-electron chi connectivity index (χ3n) is 13.5. The molecule has 0 aromatic carbocycles. The molecule has 5 rings (SSSR count). The van der Waals surface area contributed by atoms with Gasteiger partial charge in [-0.1, -0.05) is 53.2 Å². The topological polar surface area (TPSA) is 98.0 Å². The fraction of sp³-hybridized carbons (Fsp3) is 0.900. The average molecular weight is 489 g/mol. The Morgan fingerprint density at radius 1 is 1.00 bits per heavy atom. The molecule has 0 aromatic heterocycles. The van der Waals surface area contributed by atoms with Gasteiger partial charge >= 0.3 is 5.97 Å². The molecule has 5 nitrogen and oxygen atoms in total. The first-order valence-corrected chi connectivity index (χ1v) is 14.1. The molecule has 0 amide bonds. The summed E-state index contributed by atoms with van der Waals surface area (Å²) in [7, 11) is 0. The predicted molar refractivity (Wildman–Crippen MR) is 135 cm³/mol. The Bertz CT molecular complexity index is 930. The minimum absolute atomic E-state index is 0.00815. The van der Waals surface area contributed by atoms with Crippen LogP contribution in [0.15, 0.2) is 11.6 Å². The number of carbonyl (C=O) groups is 1. The van der Waals surface area contributed by atoms with Crippen molar-refractivity contribution in [1.82, 2.24) is 0 Å². The van der Waals surface area contributed by atoms with Gasteiger partial charge in [0, 0.05) is 5.41 Å². The van der Waals surface area contributed by atoms with E-state index in [9.17, 15) is 25.2 Å². The molecule has 0 saturated heterocycles. The van der Waals surface area contributed by atoms with Crippen molar-refractivity contribution in [3.63, 3.8) is 0 Å². The molecule has 5 aliphatic carbocycles. The van der Waals surface area contributed by atoms with Gasteiger partial charge in [0.25, 0.3) is 0 Å². The zero-order valence-electron chi connectivity index (χ0n) is 22.7. The summed E-state index contributed by atoms with van der Waals surface area (Å²) in [5.41, 5.74) is -0.214. The number of hydrogen-bond donors (Lipinski definition) is 4. The van der Waals surface area contributed by atoms with E-state index in [1.54, 1.807) is 0 Å². The van der Waals surface area contributed by atoms with Gasteiger partial charge in [-0.05, 0) is 97.2 Å². The van der Waals surface area contributed by atoms with Crippen molar-refractivity contribution < 1.29 is 25.2 Å². The van der Waals surface area contributed by atoms with E-state index in [1.807, 2.05) is 6.92 Å². The fourth-order valence-electron chi connectivity index (χ4n) is 11.0. The van der Waals surface area contributed by atoms with Gasteiger partial charge in [-0.3, -0.25) is 4.79 Å². The van der Waals surface area contributed by atoms with Crippen LogP contribution in [0.25, 0.3) is 0 Å². The van der Waals surface area contributed by atoms with E-state index in [0.29, 0.717) is 24.2 Å². The summed E-state index contributed by atoms with van der Waals surface area (Å²) in [6, 6.07) is 0. The van der Waals surface area contributed by atoms with E-state index < -0.39 is 29.0 Å². The summed E-state index contributed by atoms with van der Waals surface area (Å²) in [5, 5.41) is 42.9. The van der Waals surface area contributed by atoms with E-state index in [4.69, 9.17) is 0 Å². The first kappa shape index (κ1) is 25.7. The maximum Gasteiger partial charge on any atom is 0.310 e. The van der Waals surface area contributed by atoms with Crippen molar-refractivity contribution in [3.05, 3.63) is 11.6 Å². The molecule has 0 aromatic rings. The van der Waals surface area contributed by atoms with Crippen LogP contribution in [-0.2, 0) is 4.79 Å². The van der Waals surface area contributed by atoms with Crippen LogP contribution in [0.2, 0.25) is 0 Å². The monoisotopic (exact) mass is 488 g/mol. The highest BCUT2D eigenvalue weighted by atomic mass is 16.4. The Kier molecular flexibility index (Phi) is 5.73. The highest BCUT2D eigenvalue weighted by Crippen LogP contribution is 2.75. The molecule has 0 bridgehead atoms. The number of aliphatic hydroxyl groups excluding tert-OH is 3. The van der Waals surface area contributed by atoms with E-state index in [0.717, 1.165) is 44.9 Å². The zero-order valence-corrected chi connectivity index (χ0v) is 22.7. The van der Waals surface area contributed by atoms with Crippen molar-refractivity contribution in [2.24, 2.45) is 56.7 Å². The third-order valence-corrected chi connectivity index (χ3v) is 13.5. The van der Waals surface area contributed by atoms with Gasteiger partial charge in [-0.2, -0.15) is 0 Å². The zero-order chi connectivity index (χ0) is 25.8. The smallest absolute Gasteiger partial charge is 0.310 e. The second-order valence-corrected chi connectivity index (χ2v) is 14.5.